The summed E-state index contributed by atoms with van der Waals surface area (Å²) in [7, 11) is 1.57. The van der Waals surface area contributed by atoms with Gasteiger partial charge in [-0.2, -0.15) is 5.26 Å². The van der Waals surface area contributed by atoms with Crippen molar-refractivity contribution in [2.45, 2.75) is 0 Å². The number of nitriles is 1. The lowest BCUT2D eigenvalue weighted by atomic mass is 10.2. The van der Waals surface area contributed by atoms with E-state index in [1.165, 1.54) is 11.0 Å². The third-order valence-electron chi connectivity index (χ3n) is 2.05. The zero-order valence-electron chi connectivity index (χ0n) is 9.01. The fourth-order valence-electron chi connectivity index (χ4n) is 1.24. The summed E-state index contributed by atoms with van der Waals surface area (Å²) in [6.45, 7) is 3.39. The topological polar surface area (TPSA) is 53.3 Å². The average molecular weight is 216 g/mol. The number of ether oxygens (including phenoxy) is 1. The van der Waals surface area contributed by atoms with Gasteiger partial charge in [0.05, 0.1) is 13.2 Å². The molecule has 16 heavy (non-hydrogen) atoms. The van der Waals surface area contributed by atoms with E-state index in [2.05, 4.69) is 6.58 Å². The first-order chi connectivity index (χ1) is 7.72. The summed E-state index contributed by atoms with van der Waals surface area (Å²) in [6.07, 6.45) is 1.18. The summed E-state index contributed by atoms with van der Waals surface area (Å²) >= 11 is 0. The number of carbonyl (C=O) groups is 1. The normalized spacial score (nSPS) is 9.00. The Bertz CT molecular complexity index is 418. The van der Waals surface area contributed by atoms with Crippen LogP contribution in [-0.2, 0) is 4.79 Å². The molecule has 0 bridgehead atoms. The number of nitrogens with zero attached hydrogens (tertiary/aromatic N) is 2. The van der Waals surface area contributed by atoms with E-state index >= 15 is 0 Å². The summed E-state index contributed by atoms with van der Waals surface area (Å²) in [6, 6.07) is 8.84. The van der Waals surface area contributed by atoms with E-state index in [1.807, 2.05) is 6.07 Å². The highest BCUT2D eigenvalue weighted by Gasteiger charge is 2.11. The van der Waals surface area contributed by atoms with Crippen molar-refractivity contribution in [1.82, 2.24) is 0 Å². The van der Waals surface area contributed by atoms with Crippen molar-refractivity contribution in [1.29, 1.82) is 5.26 Å². The van der Waals surface area contributed by atoms with Crippen LogP contribution in [0.1, 0.15) is 0 Å². The van der Waals surface area contributed by atoms with E-state index in [0.717, 1.165) is 0 Å². The van der Waals surface area contributed by atoms with Gasteiger partial charge in [-0.25, -0.2) is 0 Å². The molecule has 0 aliphatic rings. The number of benzene rings is 1. The fourth-order valence-corrected chi connectivity index (χ4v) is 1.24. The summed E-state index contributed by atoms with van der Waals surface area (Å²) in [5.41, 5.74) is 0.646. The van der Waals surface area contributed by atoms with E-state index < -0.39 is 0 Å². The number of hydrogen-bond donors (Lipinski definition) is 0. The molecule has 0 N–H and O–H groups in total. The van der Waals surface area contributed by atoms with Gasteiger partial charge in [0.1, 0.15) is 12.3 Å². The molecule has 0 fully saturated rings. The highest BCUT2D eigenvalue weighted by molar-refractivity contribution is 6.01. The predicted molar refractivity (Wildman–Crippen MR) is 61.2 cm³/mol. The smallest absolute Gasteiger partial charge is 0.251 e. The molecule has 0 aromatic heterocycles. The van der Waals surface area contributed by atoms with Crippen LogP contribution in [-0.4, -0.2) is 19.6 Å². The van der Waals surface area contributed by atoms with Gasteiger partial charge >= 0.3 is 0 Å². The molecule has 4 heteroatoms. The van der Waals surface area contributed by atoms with Gasteiger partial charge in [0, 0.05) is 5.69 Å². The summed E-state index contributed by atoms with van der Waals surface area (Å²) in [5, 5.41) is 8.64. The lowest BCUT2D eigenvalue weighted by Crippen LogP contribution is -2.29. The van der Waals surface area contributed by atoms with Crippen LogP contribution in [0.15, 0.2) is 36.9 Å². The highest BCUT2D eigenvalue weighted by Crippen LogP contribution is 2.19. The average Bonchev–Trinajstić information content (AvgIpc) is 2.35. The van der Waals surface area contributed by atoms with Crippen molar-refractivity contribution in [2.24, 2.45) is 0 Å². The fraction of sp³-hybridized carbons (Fsp3) is 0.167. The molecule has 82 valence electrons. The molecule has 1 aromatic rings. The maximum absolute atomic E-state index is 11.5. The zero-order valence-corrected chi connectivity index (χ0v) is 9.01. The second-order valence-electron chi connectivity index (χ2n) is 2.98. The lowest BCUT2D eigenvalue weighted by molar-refractivity contribution is -0.114. The minimum atomic E-state index is -0.299. The van der Waals surface area contributed by atoms with Crippen molar-refractivity contribution in [3.63, 3.8) is 0 Å². The second kappa shape index (κ2) is 5.56. The zero-order chi connectivity index (χ0) is 12.0. The molecule has 0 saturated heterocycles. The monoisotopic (exact) mass is 216 g/mol. The van der Waals surface area contributed by atoms with Crippen molar-refractivity contribution in [3.05, 3.63) is 36.9 Å². The first-order valence-electron chi connectivity index (χ1n) is 4.68. The molecule has 0 atom stereocenters. The molecular weight excluding hydrogens is 204 g/mol. The Kier molecular flexibility index (Phi) is 4.10. The number of methoxy groups -OCH3 is 1. The van der Waals surface area contributed by atoms with Crippen LogP contribution in [0, 0.1) is 11.3 Å². The van der Waals surface area contributed by atoms with Gasteiger partial charge < -0.3 is 4.74 Å². The number of hydrogen-bond acceptors (Lipinski definition) is 3. The Morgan fingerprint density at radius 3 is 2.62 bits per heavy atom. The maximum atomic E-state index is 11.5. The number of rotatable bonds is 4. The highest BCUT2D eigenvalue weighted by atomic mass is 16.5. The number of anilines is 1. The van der Waals surface area contributed by atoms with Gasteiger partial charge in [0.25, 0.3) is 5.91 Å². The quantitative estimate of drug-likeness (QED) is 0.569. The standard InChI is InChI=1S/C12H12N2O2/c1-3-12(15)14(9-8-13)10-4-6-11(16-2)7-5-10/h3-7H,1,9H2,2H3. The molecule has 0 saturated carbocycles. The minimum Gasteiger partial charge on any atom is -0.497 e. The molecule has 1 amide bonds. The second-order valence-corrected chi connectivity index (χ2v) is 2.98. The van der Waals surface area contributed by atoms with Gasteiger partial charge in [-0.1, -0.05) is 6.58 Å². The predicted octanol–water partition coefficient (Wildman–Crippen LogP) is 1.74. The molecule has 1 rings (SSSR count). The third-order valence-corrected chi connectivity index (χ3v) is 2.05. The molecule has 1 aromatic carbocycles. The summed E-state index contributed by atoms with van der Waals surface area (Å²) in [5.74, 6) is 0.401. The van der Waals surface area contributed by atoms with E-state index in [-0.39, 0.29) is 12.5 Å². The van der Waals surface area contributed by atoms with Crippen molar-refractivity contribution < 1.29 is 9.53 Å². The van der Waals surface area contributed by atoms with E-state index in [1.54, 1.807) is 31.4 Å². The molecule has 0 radical (unpaired) electrons. The van der Waals surface area contributed by atoms with Crippen molar-refractivity contribution in [3.8, 4) is 11.8 Å². The minimum absolute atomic E-state index is 0.00280. The molecule has 0 aliphatic heterocycles. The van der Waals surface area contributed by atoms with Crippen LogP contribution in [0.4, 0.5) is 5.69 Å². The third kappa shape index (κ3) is 2.61. The first kappa shape index (κ1) is 11.8. The van der Waals surface area contributed by atoms with Crippen LogP contribution < -0.4 is 9.64 Å². The number of amides is 1. The Labute approximate surface area is 94.4 Å². The van der Waals surface area contributed by atoms with Crippen molar-refractivity contribution >= 4 is 11.6 Å². The van der Waals surface area contributed by atoms with E-state index in [4.69, 9.17) is 10.00 Å². The van der Waals surface area contributed by atoms with Gasteiger partial charge in [0.2, 0.25) is 0 Å². The van der Waals surface area contributed by atoms with E-state index in [9.17, 15) is 4.79 Å². The van der Waals surface area contributed by atoms with Gasteiger partial charge in [-0.3, -0.25) is 9.69 Å². The van der Waals surface area contributed by atoms with Gasteiger partial charge in [0.15, 0.2) is 0 Å². The molecule has 0 heterocycles. The first-order valence-corrected chi connectivity index (χ1v) is 4.68. The molecule has 0 aliphatic carbocycles. The SMILES string of the molecule is C=CC(=O)N(CC#N)c1ccc(OC)cc1. The Morgan fingerprint density at radius 2 is 2.19 bits per heavy atom. The van der Waals surface area contributed by atoms with Crippen LogP contribution in [0.25, 0.3) is 0 Å². The number of carbonyl (C=O) groups excluding carboxylic acids is 1. The molecule has 4 nitrogen and oxygen atoms in total. The molecule has 0 spiro atoms. The molecule has 0 unspecified atom stereocenters. The van der Waals surface area contributed by atoms with Gasteiger partial charge in [-0.05, 0) is 30.3 Å². The molecular formula is C12H12N2O2. The summed E-state index contributed by atoms with van der Waals surface area (Å²) in [4.78, 5) is 12.8. The van der Waals surface area contributed by atoms with Gasteiger partial charge in [-0.15, -0.1) is 0 Å². The Balaban J connectivity index is 2.97. The van der Waals surface area contributed by atoms with Crippen LogP contribution in [0.3, 0.4) is 0 Å². The largest absolute Gasteiger partial charge is 0.497 e. The van der Waals surface area contributed by atoms with Crippen LogP contribution in [0.2, 0.25) is 0 Å². The Hall–Kier alpha value is -2.28. The Morgan fingerprint density at radius 1 is 1.56 bits per heavy atom. The van der Waals surface area contributed by atoms with Crippen molar-refractivity contribution in [2.75, 3.05) is 18.6 Å². The summed E-state index contributed by atoms with van der Waals surface area (Å²) < 4.78 is 5.01. The maximum Gasteiger partial charge on any atom is 0.251 e. The van der Waals surface area contributed by atoms with Crippen LogP contribution in [0.5, 0.6) is 5.75 Å². The van der Waals surface area contributed by atoms with Crippen LogP contribution >= 0.6 is 0 Å². The van der Waals surface area contributed by atoms with E-state index in [0.29, 0.717) is 11.4 Å². The lowest BCUT2D eigenvalue weighted by Gasteiger charge is -2.17.